The molecule has 0 aliphatic carbocycles. The molecule has 1 aromatic heterocycles. The lowest BCUT2D eigenvalue weighted by molar-refractivity contribution is 0.0607. The molecular formula is C14H24N2O3S. The molecule has 6 heteroatoms. The van der Waals surface area contributed by atoms with Gasteiger partial charge in [-0.25, -0.2) is 4.79 Å². The fraction of sp³-hybridized carbons (Fsp3) is 0.643. The number of carbonyl (C=O) groups is 1. The van der Waals surface area contributed by atoms with Crippen LogP contribution in [0.4, 0.5) is 10.7 Å². The summed E-state index contributed by atoms with van der Waals surface area (Å²) in [6.07, 6.45) is 1.01. The molecule has 0 saturated heterocycles. The van der Waals surface area contributed by atoms with Crippen molar-refractivity contribution in [1.82, 2.24) is 0 Å². The molecule has 0 spiro atoms. The second-order valence-corrected chi connectivity index (χ2v) is 5.72. The van der Waals surface area contributed by atoms with E-state index in [4.69, 9.17) is 15.2 Å². The van der Waals surface area contributed by atoms with Crippen molar-refractivity contribution in [3.05, 3.63) is 4.88 Å². The van der Waals surface area contributed by atoms with Gasteiger partial charge < -0.3 is 20.1 Å². The van der Waals surface area contributed by atoms with E-state index in [0.29, 0.717) is 16.3 Å². The molecule has 0 bridgehead atoms. The molecule has 0 aliphatic rings. The molecule has 0 unspecified atom stereocenters. The summed E-state index contributed by atoms with van der Waals surface area (Å²) >= 11 is 1.33. The quantitative estimate of drug-likeness (QED) is 0.784. The highest BCUT2D eigenvalue weighted by Crippen LogP contribution is 2.45. The first-order valence-electron chi connectivity index (χ1n) is 6.88. The minimum Gasteiger partial charge on any atom is -0.486 e. The number of carbonyl (C=O) groups excluding carboxylic acids is 1. The van der Waals surface area contributed by atoms with Gasteiger partial charge in [0.15, 0.2) is 5.75 Å². The summed E-state index contributed by atoms with van der Waals surface area (Å²) in [6.45, 7) is 9.80. The lowest BCUT2D eigenvalue weighted by Gasteiger charge is -2.23. The van der Waals surface area contributed by atoms with Crippen molar-refractivity contribution in [2.75, 3.05) is 30.8 Å². The Bertz CT molecular complexity index is 458. The van der Waals surface area contributed by atoms with Crippen LogP contribution in [0.3, 0.4) is 0 Å². The number of esters is 1. The number of nitrogen functional groups attached to an aromatic ring is 1. The topological polar surface area (TPSA) is 64.8 Å². The van der Waals surface area contributed by atoms with Crippen molar-refractivity contribution in [3.63, 3.8) is 0 Å². The van der Waals surface area contributed by atoms with E-state index >= 15 is 0 Å². The minimum absolute atomic E-state index is 0.00326. The van der Waals surface area contributed by atoms with Gasteiger partial charge in [-0.15, -0.1) is 11.3 Å². The van der Waals surface area contributed by atoms with Gasteiger partial charge in [-0.3, -0.25) is 0 Å². The van der Waals surface area contributed by atoms with E-state index in [2.05, 4.69) is 18.7 Å². The highest BCUT2D eigenvalue weighted by atomic mass is 32.1. The van der Waals surface area contributed by atoms with E-state index in [0.717, 1.165) is 24.5 Å². The zero-order valence-corrected chi connectivity index (χ0v) is 13.7. The molecule has 1 heterocycles. The van der Waals surface area contributed by atoms with Crippen LogP contribution in [-0.4, -0.2) is 32.3 Å². The van der Waals surface area contributed by atoms with Crippen LogP contribution >= 0.6 is 11.3 Å². The van der Waals surface area contributed by atoms with Crippen molar-refractivity contribution >= 4 is 28.0 Å². The van der Waals surface area contributed by atoms with E-state index in [1.54, 1.807) is 0 Å². The smallest absolute Gasteiger partial charge is 0.350 e. The molecule has 1 aromatic rings. The molecule has 0 aliphatic heterocycles. The maximum absolute atomic E-state index is 11.8. The highest BCUT2D eigenvalue weighted by molar-refractivity contribution is 7.19. The SMILES string of the molecule is CCCN(CC)c1sc(C(=O)OC)c(N)c1OC(C)C. The molecule has 0 atom stereocenters. The molecule has 114 valence electrons. The van der Waals surface area contributed by atoms with Gasteiger partial charge in [-0.05, 0) is 27.2 Å². The van der Waals surface area contributed by atoms with Crippen LogP contribution in [0.2, 0.25) is 0 Å². The minimum atomic E-state index is -0.417. The van der Waals surface area contributed by atoms with Crippen molar-refractivity contribution in [2.45, 2.75) is 40.2 Å². The van der Waals surface area contributed by atoms with Crippen molar-refractivity contribution < 1.29 is 14.3 Å². The van der Waals surface area contributed by atoms with E-state index in [-0.39, 0.29) is 6.10 Å². The molecule has 0 aromatic carbocycles. The zero-order chi connectivity index (χ0) is 15.3. The first-order chi connectivity index (χ1) is 9.46. The Morgan fingerprint density at radius 3 is 2.50 bits per heavy atom. The summed E-state index contributed by atoms with van der Waals surface area (Å²) in [7, 11) is 1.35. The fourth-order valence-corrected chi connectivity index (χ4v) is 3.05. The second-order valence-electron chi connectivity index (χ2n) is 4.72. The molecule has 0 amide bonds. The predicted molar refractivity (Wildman–Crippen MR) is 84.0 cm³/mol. The summed E-state index contributed by atoms with van der Waals surface area (Å²) in [4.78, 5) is 14.4. The number of methoxy groups -OCH3 is 1. The Hall–Kier alpha value is -1.43. The van der Waals surface area contributed by atoms with E-state index in [1.165, 1.54) is 18.4 Å². The number of thiophene rings is 1. The van der Waals surface area contributed by atoms with Gasteiger partial charge >= 0.3 is 5.97 Å². The number of rotatable bonds is 7. The van der Waals surface area contributed by atoms with Crippen LogP contribution in [0.25, 0.3) is 0 Å². The van der Waals surface area contributed by atoms with Crippen LogP contribution in [0.1, 0.15) is 43.8 Å². The van der Waals surface area contributed by atoms with Gasteiger partial charge in [0, 0.05) is 13.1 Å². The van der Waals surface area contributed by atoms with Crippen molar-refractivity contribution in [2.24, 2.45) is 0 Å². The van der Waals surface area contributed by atoms with Crippen molar-refractivity contribution in [1.29, 1.82) is 0 Å². The molecule has 2 N–H and O–H groups in total. The number of hydrogen-bond donors (Lipinski definition) is 1. The first-order valence-corrected chi connectivity index (χ1v) is 7.69. The average molecular weight is 300 g/mol. The highest BCUT2D eigenvalue weighted by Gasteiger charge is 2.26. The zero-order valence-electron chi connectivity index (χ0n) is 12.9. The standard InChI is InChI=1S/C14H24N2O3S/c1-6-8-16(7-2)13-11(19-9(3)4)10(15)12(20-13)14(17)18-5/h9H,6-8,15H2,1-5H3. The number of nitrogens with two attached hydrogens (primary N) is 1. The van der Waals surface area contributed by atoms with Crippen LogP contribution in [0.15, 0.2) is 0 Å². The first kappa shape index (κ1) is 16.6. The van der Waals surface area contributed by atoms with Crippen LogP contribution in [-0.2, 0) is 4.74 Å². The number of hydrogen-bond acceptors (Lipinski definition) is 6. The number of ether oxygens (including phenoxy) is 2. The molecular weight excluding hydrogens is 276 g/mol. The third kappa shape index (κ3) is 3.56. The monoisotopic (exact) mass is 300 g/mol. The molecule has 1 rings (SSSR count). The summed E-state index contributed by atoms with van der Waals surface area (Å²) in [5.41, 5.74) is 6.45. The summed E-state index contributed by atoms with van der Waals surface area (Å²) < 4.78 is 10.6. The van der Waals surface area contributed by atoms with Crippen molar-refractivity contribution in [3.8, 4) is 5.75 Å². The summed E-state index contributed by atoms with van der Waals surface area (Å²) in [6, 6.07) is 0. The maximum atomic E-state index is 11.8. The summed E-state index contributed by atoms with van der Waals surface area (Å²) in [5, 5.41) is 0.904. The van der Waals surface area contributed by atoms with Crippen LogP contribution < -0.4 is 15.4 Å². The van der Waals surface area contributed by atoms with E-state index in [1.807, 2.05) is 13.8 Å². The fourth-order valence-electron chi connectivity index (χ4n) is 1.89. The lowest BCUT2D eigenvalue weighted by atomic mass is 10.3. The number of anilines is 2. The third-order valence-electron chi connectivity index (χ3n) is 2.77. The number of nitrogens with zero attached hydrogens (tertiary/aromatic N) is 1. The molecule has 5 nitrogen and oxygen atoms in total. The Morgan fingerprint density at radius 2 is 2.05 bits per heavy atom. The van der Waals surface area contributed by atoms with Gasteiger partial charge in [0.2, 0.25) is 0 Å². The van der Waals surface area contributed by atoms with Crippen LogP contribution in [0.5, 0.6) is 5.75 Å². The van der Waals surface area contributed by atoms with Crippen LogP contribution in [0, 0.1) is 0 Å². The lowest BCUT2D eigenvalue weighted by Crippen LogP contribution is -2.23. The normalized spacial score (nSPS) is 10.7. The molecule has 0 radical (unpaired) electrons. The summed E-state index contributed by atoms with van der Waals surface area (Å²) in [5.74, 6) is 0.181. The Balaban J connectivity index is 3.28. The average Bonchev–Trinajstić information content (AvgIpc) is 2.72. The molecule has 20 heavy (non-hydrogen) atoms. The van der Waals surface area contributed by atoms with Gasteiger partial charge in [-0.2, -0.15) is 0 Å². The molecule has 0 saturated carbocycles. The Morgan fingerprint density at radius 1 is 1.40 bits per heavy atom. The van der Waals surface area contributed by atoms with E-state index in [9.17, 15) is 4.79 Å². The molecule has 0 fully saturated rings. The Kier molecular flexibility index (Phi) is 6.13. The largest absolute Gasteiger partial charge is 0.486 e. The second kappa shape index (κ2) is 7.38. The van der Waals surface area contributed by atoms with Gasteiger partial charge in [-0.1, -0.05) is 6.92 Å². The van der Waals surface area contributed by atoms with Gasteiger partial charge in [0.05, 0.1) is 13.2 Å². The predicted octanol–water partition coefficient (Wildman–Crippen LogP) is 3.14. The third-order valence-corrected chi connectivity index (χ3v) is 4.00. The maximum Gasteiger partial charge on any atom is 0.350 e. The van der Waals surface area contributed by atoms with Gasteiger partial charge in [0.1, 0.15) is 15.6 Å². The Labute approximate surface area is 124 Å². The van der Waals surface area contributed by atoms with Gasteiger partial charge in [0.25, 0.3) is 0 Å². The van der Waals surface area contributed by atoms with E-state index < -0.39 is 5.97 Å².